The number of aromatic nitrogens is 1. The number of aliphatic carboxylic acids is 1. The lowest BCUT2D eigenvalue weighted by atomic mass is 9.94. The lowest BCUT2D eigenvalue weighted by molar-refractivity contribution is -0.143. The molecule has 0 bridgehead atoms. The summed E-state index contributed by atoms with van der Waals surface area (Å²) < 4.78 is 0. The average molecular weight is 350 g/mol. The fraction of sp³-hybridized carbons (Fsp3) is 0.364. The summed E-state index contributed by atoms with van der Waals surface area (Å²) in [7, 11) is 0. The number of piperidine rings is 1. The second kappa shape index (κ2) is 8.77. The molecule has 0 saturated carbocycles. The Labute approximate surface area is 155 Å². The van der Waals surface area contributed by atoms with Gasteiger partial charge in [0.05, 0.1) is 5.92 Å². The van der Waals surface area contributed by atoms with Crippen LogP contribution < -0.4 is 0 Å². The molecule has 3 rings (SSSR count). The first-order valence-corrected chi connectivity index (χ1v) is 9.27. The van der Waals surface area contributed by atoms with Crippen LogP contribution in [0.4, 0.5) is 0 Å². The number of carboxylic acids is 1. The molecule has 1 saturated heterocycles. The number of carboxylic acid groups (broad SMARTS) is 1. The Kier molecular flexibility index (Phi) is 6.18. The van der Waals surface area contributed by atoms with Crippen molar-refractivity contribution in [1.29, 1.82) is 0 Å². The van der Waals surface area contributed by atoms with Crippen molar-refractivity contribution in [1.82, 2.24) is 9.88 Å². The molecule has 0 radical (unpaired) electrons. The molecule has 2 heterocycles. The van der Waals surface area contributed by atoms with Crippen LogP contribution in [-0.2, 0) is 4.79 Å². The van der Waals surface area contributed by atoms with Crippen LogP contribution in [0.25, 0.3) is 5.57 Å². The summed E-state index contributed by atoms with van der Waals surface area (Å²) in [5.41, 5.74) is 4.87. The zero-order valence-electron chi connectivity index (χ0n) is 15.3. The van der Waals surface area contributed by atoms with E-state index in [0.717, 1.165) is 37.9 Å². The van der Waals surface area contributed by atoms with E-state index in [-0.39, 0.29) is 5.92 Å². The maximum atomic E-state index is 11.2. The number of hydrogen-bond acceptors (Lipinski definition) is 3. The van der Waals surface area contributed by atoms with Gasteiger partial charge in [-0.15, -0.1) is 0 Å². The van der Waals surface area contributed by atoms with Crippen molar-refractivity contribution in [2.24, 2.45) is 5.92 Å². The molecular formula is C22H26N2O2. The molecule has 4 nitrogen and oxygen atoms in total. The zero-order valence-corrected chi connectivity index (χ0v) is 15.3. The van der Waals surface area contributed by atoms with Gasteiger partial charge >= 0.3 is 5.97 Å². The van der Waals surface area contributed by atoms with Crippen molar-refractivity contribution in [3.8, 4) is 0 Å². The highest BCUT2D eigenvalue weighted by Gasteiger charge is 2.24. The molecule has 1 aliphatic rings. The molecule has 0 spiro atoms. The molecule has 1 aromatic carbocycles. The summed E-state index contributed by atoms with van der Waals surface area (Å²) >= 11 is 0. The van der Waals surface area contributed by atoms with Gasteiger partial charge in [0, 0.05) is 25.5 Å². The third-order valence-corrected chi connectivity index (χ3v) is 5.08. The largest absolute Gasteiger partial charge is 0.481 e. The first-order valence-electron chi connectivity index (χ1n) is 9.27. The fourth-order valence-corrected chi connectivity index (χ4v) is 3.64. The van der Waals surface area contributed by atoms with Crippen LogP contribution in [0.3, 0.4) is 0 Å². The van der Waals surface area contributed by atoms with Gasteiger partial charge in [0.15, 0.2) is 0 Å². The Bertz CT molecular complexity index is 771. The molecule has 136 valence electrons. The highest BCUT2D eigenvalue weighted by molar-refractivity contribution is 5.81. The number of likely N-dealkylation sites (tertiary alicyclic amines) is 1. The fourth-order valence-electron chi connectivity index (χ4n) is 3.64. The van der Waals surface area contributed by atoms with E-state index >= 15 is 0 Å². The second-order valence-corrected chi connectivity index (χ2v) is 6.94. The third kappa shape index (κ3) is 4.58. The van der Waals surface area contributed by atoms with Crippen molar-refractivity contribution < 1.29 is 9.90 Å². The topological polar surface area (TPSA) is 53.4 Å². The van der Waals surface area contributed by atoms with Crippen molar-refractivity contribution >= 4 is 11.5 Å². The summed E-state index contributed by atoms with van der Waals surface area (Å²) in [6.45, 7) is 4.68. The first kappa shape index (κ1) is 18.3. The van der Waals surface area contributed by atoms with E-state index in [1.54, 1.807) is 0 Å². The lowest BCUT2D eigenvalue weighted by Crippen LogP contribution is -2.39. The molecule has 0 aliphatic carbocycles. The van der Waals surface area contributed by atoms with Crippen LogP contribution >= 0.6 is 0 Å². The maximum Gasteiger partial charge on any atom is 0.307 e. The zero-order chi connectivity index (χ0) is 18.4. The lowest BCUT2D eigenvalue weighted by Gasteiger charge is -2.30. The van der Waals surface area contributed by atoms with E-state index in [4.69, 9.17) is 0 Å². The molecule has 1 unspecified atom stereocenters. The number of hydrogen-bond donors (Lipinski definition) is 1. The molecular weight excluding hydrogens is 324 g/mol. The van der Waals surface area contributed by atoms with Gasteiger partial charge < -0.3 is 10.0 Å². The summed E-state index contributed by atoms with van der Waals surface area (Å²) in [4.78, 5) is 17.7. The Morgan fingerprint density at radius 2 is 2.04 bits per heavy atom. The maximum absolute atomic E-state index is 11.2. The summed E-state index contributed by atoms with van der Waals surface area (Å²) in [5.74, 6) is -0.883. The van der Waals surface area contributed by atoms with Crippen LogP contribution in [-0.4, -0.2) is 40.6 Å². The van der Waals surface area contributed by atoms with Crippen molar-refractivity contribution in [3.05, 3.63) is 71.6 Å². The molecule has 26 heavy (non-hydrogen) atoms. The number of carbonyl (C=O) groups is 1. The standard InChI is InChI=1S/C22H26N2O2/c1-17-6-2-3-8-20(17)21(18-10-12-23-13-11-18)9-5-15-24-14-4-7-19(16-24)22(25)26/h2-3,6,8-13,19H,4-5,7,14-16H2,1H3,(H,25,26). The minimum Gasteiger partial charge on any atom is -0.481 e. The van der Waals surface area contributed by atoms with Gasteiger partial charge in [0.2, 0.25) is 0 Å². The summed E-state index contributed by atoms with van der Waals surface area (Å²) in [5, 5.41) is 9.25. The molecule has 1 atom stereocenters. The van der Waals surface area contributed by atoms with Gasteiger partial charge in [-0.1, -0.05) is 30.3 Å². The quantitative estimate of drug-likeness (QED) is 0.855. The van der Waals surface area contributed by atoms with Gasteiger partial charge in [0.1, 0.15) is 0 Å². The molecule has 1 fully saturated rings. The van der Waals surface area contributed by atoms with Crippen molar-refractivity contribution in [3.63, 3.8) is 0 Å². The summed E-state index contributed by atoms with van der Waals surface area (Å²) in [6, 6.07) is 12.5. The van der Waals surface area contributed by atoms with Gasteiger partial charge in [0.25, 0.3) is 0 Å². The number of nitrogens with zero attached hydrogens (tertiary/aromatic N) is 2. The molecule has 1 aromatic heterocycles. The van der Waals surface area contributed by atoms with E-state index < -0.39 is 5.97 Å². The van der Waals surface area contributed by atoms with Crippen LogP contribution in [0.15, 0.2) is 54.9 Å². The van der Waals surface area contributed by atoms with E-state index in [2.05, 4.69) is 47.1 Å². The Balaban J connectivity index is 1.75. The number of aryl methyl sites for hydroxylation is 1. The van der Waals surface area contributed by atoms with Crippen molar-refractivity contribution in [2.75, 3.05) is 19.6 Å². The third-order valence-electron chi connectivity index (χ3n) is 5.08. The van der Waals surface area contributed by atoms with Gasteiger partial charge in [-0.05, 0) is 67.1 Å². The Morgan fingerprint density at radius 3 is 2.77 bits per heavy atom. The minimum atomic E-state index is -0.664. The predicted molar refractivity (Wildman–Crippen MR) is 104 cm³/mol. The second-order valence-electron chi connectivity index (χ2n) is 6.94. The normalized spacial score (nSPS) is 18.7. The average Bonchev–Trinajstić information content (AvgIpc) is 2.67. The van der Waals surface area contributed by atoms with Crippen LogP contribution in [0.5, 0.6) is 0 Å². The molecule has 1 N–H and O–H groups in total. The summed E-state index contributed by atoms with van der Waals surface area (Å²) in [6.07, 6.45) is 8.59. The predicted octanol–water partition coefficient (Wildman–Crippen LogP) is 4.01. The minimum absolute atomic E-state index is 0.219. The SMILES string of the molecule is Cc1ccccc1C(=CCCN1CCCC(C(=O)O)C1)c1ccncc1. The van der Waals surface area contributed by atoms with Crippen LogP contribution in [0.2, 0.25) is 0 Å². The van der Waals surface area contributed by atoms with E-state index in [9.17, 15) is 9.90 Å². The van der Waals surface area contributed by atoms with Gasteiger partial charge in [-0.3, -0.25) is 9.78 Å². The highest BCUT2D eigenvalue weighted by atomic mass is 16.4. The number of rotatable bonds is 6. The van der Waals surface area contributed by atoms with Crippen LogP contribution in [0.1, 0.15) is 36.0 Å². The van der Waals surface area contributed by atoms with Crippen molar-refractivity contribution in [2.45, 2.75) is 26.2 Å². The number of pyridine rings is 1. The van der Waals surface area contributed by atoms with E-state index in [0.29, 0.717) is 6.54 Å². The Hall–Kier alpha value is -2.46. The van der Waals surface area contributed by atoms with Gasteiger partial charge in [-0.2, -0.15) is 0 Å². The monoisotopic (exact) mass is 350 g/mol. The molecule has 1 aliphatic heterocycles. The van der Waals surface area contributed by atoms with Gasteiger partial charge in [-0.25, -0.2) is 0 Å². The molecule has 0 amide bonds. The molecule has 2 aromatic rings. The van der Waals surface area contributed by atoms with E-state index in [1.807, 2.05) is 24.5 Å². The molecule has 4 heteroatoms. The smallest absolute Gasteiger partial charge is 0.307 e. The van der Waals surface area contributed by atoms with Crippen LogP contribution in [0, 0.1) is 12.8 Å². The van der Waals surface area contributed by atoms with E-state index in [1.165, 1.54) is 16.7 Å². The first-order chi connectivity index (χ1) is 12.6. The Morgan fingerprint density at radius 1 is 1.27 bits per heavy atom. The highest BCUT2D eigenvalue weighted by Crippen LogP contribution is 2.26. The number of benzene rings is 1.